The van der Waals surface area contributed by atoms with E-state index in [1.165, 1.54) is 0 Å². The standard InChI is InChI=1S/C31H40N6O3/c1-6-26(7-2)37-27(17-18-32-37)30(38)34-29(24-11-9-8-10-12-24)31(39)33-25-15-13-23(14-16-25)28-21(3)35-36(22(28)4)19-20-40-5/h6-7,13-18,24,26,29H,1-2,8-12,19-20H2,3-5H3,(H,33,39)(H,34,38)/t29-/m0/s1. The van der Waals surface area contributed by atoms with Crippen molar-refractivity contribution in [3.63, 3.8) is 0 Å². The van der Waals surface area contributed by atoms with Crippen LogP contribution in [0, 0.1) is 19.8 Å². The van der Waals surface area contributed by atoms with Crippen LogP contribution < -0.4 is 10.6 Å². The molecule has 1 aliphatic carbocycles. The molecule has 0 bridgehead atoms. The van der Waals surface area contributed by atoms with Crippen LogP contribution in [0.4, 0.5) is 5.69 Å². The molecule has 3 aromatic rings. The van der Waals surface area contributed by atoms with Crippen molar-refractivity contribution in [2.75, 3.05) is 19.0 Å². The number of carbonyl (C=O) groups is 2. The monoisotopic (exact) mass is 544 g/mol. The lowest BCUT2D eigenvalue weighted by atomic mass is 9.83. The number of aromatic nitrogens is 4. The van der Waals surface area contributed by atoms with Gasteiger partial charge in [0.05, 0.1) is 24.9 Å². The molecule has 9 nitrogen and oxygen atoms in total. The molecule has 0 spiro atoms. The van der Waals surface area contributed by atoms with E-state index in [1.54, 1.807) is 36.2 Å². The molecule has 1 aliphatic rings. The van der Waals surface area contributed by atoms with Crippen LogP contribution in [0.15, 0.2) is 61.8 Å². The highest BCUT2D eigenvalue weighted by molar-refractivity contribution is 6.00. The summed E-state index contributed by atoms with van der Waals surface area (Å²) >= 11 is 0. The van der Waals surface area contributed by atoms with Gasteiger partial charge in [0.15, 0.2) is 0 Å². The lowest BCUT2D eigenvalue weighted by molar-refractivity contribution is -0.119. The number of ether oxygens (including phenoxy) is 1. The third-order valence-electron chi connectivity index (χ3n) is 7.69. The summed E-state index contributed by atoms with van der Waals surface area (Å²) in [4.78, 5) is 27.0. The van der Waals surface area contributed by atoms with Crippen LogP contribution in [0.1, 0.15) is 60.0 Å². The van der Waals surface area contributed by atoms with Crippen molar-refractivity contribution in [1.82, 2.24) is 24.9 Å². The molecule has 2 N–H and O–H groups in total. The summed E-state index contributed by atoms with van der Waals surface area (Å²) in [6, 6.07) is 8.43. The Morgan fingerprint density at radius 1 is 1.10 bits per heavy atom. The van der Waals surface area contributed by atoms with Crippen LogP contribution in [-0.2, 0) is 16.1 Å². The molecular weight excluding hydrogens is 504 g/mol. The van der Waals surface area contributed by atoms with Gasteiger partial charge in [-0.05, 0) is 56.4 Å². The van der Waals surface area contributed by atoms with Crippen molar-refractivity contribution in [2.45, 2.75) is 64.6 Å². The van der Waals surface area contributed by atoms with Gasteiger partial charge < -0.3 is 15.4 Å². The predicted octanol–water partition coefficient (Wildman–Crippen LogP) is 5.24. The number of hydrogen-bond acceptors (Lipinski definition) is 5. The molecule has 0 unspecified atom stereocenters. The normalized spacial score (nSPS) is 14.6. The summed E-state index contributed by atoms with van der Waals surface area (Å²) in [5, 5.41) is 15.0. The zero-order valence-corrected chi connectivity index (χ0v) is 23.7. The highest BCUT2D eigenvalue weighted by Crippen LogP contribution is 2.30. The first kappa shape index (κ1) is 29.0. The van der Waals surface area contributed by atoms with E-state index in [-0.39, 0.29) is 23.8 Å². The Bertz CT molecular complexity index is 1330. The summed E-state index contributed by atoms with van der Waals surface area (Å²) < 4.78 is 8.72. The maximum atomic E-state index is 13.6. The second-order valence-electron chi connectivity index (χ2n) is 10.3. The van der Waals surface area contributed by atoms with Gasteiger partial charge in [-0.15, -0.1) is 13.2 Å². The van der Waals surface area contributed by atoms with Gasteiger partial charge in [-0.2, -0.15) is 10.2 Å². The van der Waals surface area contributed by atoms with Crippen LogP contribution in [-0.4, -0.2) is 51.1 Å². The molecule has 1 fully saturated rings. The molecule has 2 heterocycles. The maximum Gasteiger partial charge on any atom is 0.270 e. The number of amides is 2. The van der Waals surface area contributed by atoms with Gasteiger partial charge in [-0.3, -0.25) is 14.3 Å². The predicted molar refractivity (Wildman–Crippen MR) is 157 cm³/mol. The van der Waals surface area contributed by atoms with Gasteiger partial charge in [0, 0.05) is 30.3 Å². The quantitative estimate of drug-likeness (QED) is 0.304. The van der Waals surface area contributed by atoms with Gasteiger partial charge in [-0.25, -0.2) is 4.68 Å². The Labute approximate surface area is 236 Å². The first-order chi connectivity index (χ1) is 19.4. The Balaban J connectivity index is 1.51. The number of benzene rings is 1. The molecule has 212 valence electrons. The van der Waals surface area contributed by atoms with E-state index in [4.69, 9.17) is 4.74 Å². The Morgan fingerprint density at radius 2 is 1.80 bits per heavy atom. The molecule has 2 amide bonds. The fourth-order valence-corrected chi connectivity index (χ4v) is 5.56. The van der Waals surface area contributed by atoms with E-state index in [9.17, 15) is 9.59 Å². The SMILES string of the molecule is C=CC(C=C)n1nccc1C(=O)N[C@H](C(=O)Nc1ccc(-c2c(C)nn(CCOC)c2C)cc1)C1CCCCC1. The molecule has 4 rings (SSSR count). The van der Waals surface area contributed by atoms with Crippen molar-refractivity contribution in [1.29, 1.82) is 0 Å². The average molecular weight is 545 g/mol. The molecule has 40 heavy (non-hydrogen) atoms. The second kappa shape index (κ2) is 13.4. The minimum atomic E-state index is -0.662. The van der Waals surface area contributed by atoms with E-state index >= 15 is 0 Å². The lowest BCUT2D eigenvalue weighted by Crippen LogP contribution is -2.49. The molecule has 0 radical (unpaired) electrons. The van der Waals surface area contributed by atoms with Crippen LogP contribution >= 0.6 is 0 Å². The molecular formula is C31H40N6O3. The molecule has 0 saturated heterocycles. The number of carbonyl (C=O) groups excluding carboxylic acids is 2. The number of hydrogen-bond donors (Lipinski definition) is 2. The summed E-state index contributed by atoms with van der Waals surface area (Å²) in [5.74, 6) is -0.502. The highest BCUT2D eigenvalue weighted by atomic mass is 16.5. The zero-order chi connectivity index (χ0) is 28.6. The number of aryl methyl sites for hydroxylation is 1. The number of methoxy groups -OCH3 is 1. The Kier molecular flexibility index (Phi) is 9.71. The van der Waals surface area contributed by atoms with Crippen LogP contribution in [0.5, 0.6) is 0 Å². The summed E-state index contributed by atoms with van der Waals surface area (Å²) in [6.45, 7) is 12.9. The smallest absolute Gasteiger partial charge is 0.270 e. The van der Waals surface area contributed by atoms with Gasteiger partial charge in [-0.1, -0.05) is 43.5 Å². The van der Waals surface area contributed by atoms with Gasteiger partial charge >= 0.3 is 0 Å². The third kappa shape index (κ3) is 6.42. The minimum Gasteiger partial charge on any atom is -0.383 e. The van der Waals surface area contributed by atoms with Crippen LogP contribution in [0.3, 0.4) is 0 Å². The Hall–Kier alpha value is -3.98. The first-order valence-electron chi connectivity index (χ1n) is 13.9. The van der Waals surface area contributed by atoms with Crippen molar-refractivity contribution in [3.05, 3.63) is 78.9 Å². The maximum absolute atomic E-state index is 13.6. The first-order valence-corrected chi connectivity index (χ1v) is 13.9. The fourth-order valence-electron chi connectivity index (χ4n) is 5.56. The molecule has 0 aliphatic heterocycles. The van der Waals surface area contributed by atoms with E-state index in [2.05, 4.69) is 40.9 Å². The van der Waals surface area contributed by atoms with E-state index in [0.29, 0.717) is 24.5 Å². The molecule has 1 saturated carbocycles. The summed E-state index contributed by atoms with van der Waals surface area (Å²) in [6.07, 6.45) is 9.92. The highest BCUT2D eigenvalue weighted by Gasteiger charge is 2.32. The van der Waals surface area contributed by atoms with Crippen LogP contribution in [0.2, 0.25) is 0 Å². The minimum absolute atomic E-state index is 0.0613. The number of allylic oxidation sites excluding steroid dienone is 2. The van der Waals surface area contributed by atoms with Gasteiger partial charge in [0.25, 0.3) is 5.91 Å². The molecule has 9 heteroatoms. The van der Waals surface area contributed by atoms with E-state index in [0.717, 1.165) is 54.6 Å². The van der Waals surface area contributed by atoms with Crippen LogP contribution in [0.25, 0.3) is 11.1 Å². The van der Waals surface area contributed by atoms with Gasteiger partial charge in [0.2, 0.25) is 5.91 Å². The number of nitrogens with one attached hydrogen (secondary N) is 2. The van der Waals surface area contributed by atoms with Crippen molar-refractivity contribution >= 4 is 17.5 Å². The van der Waals surface area contributed by atoms with E-state index in [1.807, 2.05) is 35.9 Å². The summed E-state index contributed by atoms with van der Waals surface area (Å²) in [7, 11) is 1.68. The van der Waals surface area contributed by atoms with E-state index < -0.39 is 6.04 Å². The third-order valence-corrected chi connectivity index (χ3v) is 7.69. The number of nitrogens with zero attached hydrogens (tertiary/aromatic N) is 4. The molecule has 1 atom stereocenters. The van der Waals surface area contributed by atoms with Crippen molar-refractivity contribution < 1.29 is 14.3 Å². The molecule has 2 aromatic heterocycles. The van der Waals surface area contributed by atoms with Gasteiger partial charge in [0.1, 0.15) is 11.7 Å². The lowest BCUT2D eigenvalue weighted by Gasteiger charge is -2.30. The zero-order valence-electron chi connectivity index (χ0n) is 23.7. The molecule has 1 aromatic carbocycles. The largest absolute Gasteiger partial charge is 0.383 e. The number of rotatable bonds is 12. The topological polar surface area (TPSA) is 103 Å². The second-order valence-corrected chi connectivity index (χ2v) is 10.3. The summed E-state index contributed by atoms with van der Waals surface area (Å²) in [5.41, 5.74) is 5.16. The Morgan fingerprint density at radius 3 is 2.45 bits per heavy atom. The number of anilines is 1. The fraction of sp³-hybridized carbons (Fsp3) is 0.419. The average Bonchev–Trinajstić information content (AvgIpc) is 3.56. The van der Waals surface area contributed by atoms with Crippen molar-refractivity contribution in [2.24, 2.45) is 5.92 Å². The van der Waals surface area contributed by atoms with Crippen molar-refractivity contribution in [3.8, 4) is 11.1 Å².